The second-order valence-electron chi connectivity index (χ2n) is 4.92. The molecule has 7 nitrogen and oxygen atoms in total. The Labute approximate surface area is 121 Å². The molecular weight excluding hydrogens is 275 g/mol. The third-order valence-electron chi connectivity index (χ3n) is 2.90. The summed E-state index contributed by atoms with van der Waals surface area (Å²) >= 11 is 0. The largest absolute Gasteiger partial charge is 0.479 e. The quantitative estimate of drug-likeness (QED) is 0.928. The van der Waals surface area contributed by atoms with Crippen LogP contribution in [0.4, 0.5) is 16.0 Å². The van der Waals surface area contributed by atoms with E-state index in [-0.39, 0.29) is 11.8 Å². The van der Waals surface area contributed by atoms with Crippen molar-refractivity contribution in [1.82, 2.24) is 19.7 Å². The van der Waals surface area contributed by atoms with Gasteiger partial charge in [0.1, 0.15) is 5.54 Å². The average Bonchev–Trinajstić information content (AvgIpc) is 2.83. The van der Waals surface area contributed by atoms with E-state index < -0.39 is 11.4 Å². The lowest BCUT2D eigenvalue weighted by Crippen LogP contribution is -2.24. The van der Waals surface area contributed by atoms with E-state index in [9.17, 15) is 4.39 Å². The molecule has 0 unspecified atom stereocenters. The molecule has 0 bridgehead atoms. The molecule has 0 fully saturated rings. The van der Waals surface area contributed by atoms with Crippen LogP contribution in [-0.4, -0.2) is 26.9 Å². The van der Waals surface area contributed by atoms with Crippen LogP contribution in [0.1, 0.15) is 19.5 Å². The van der Waals surface area contributed by atoms with Gasteiger partial charge >= 0.3 is 0 Å². The molecule has 2 heterocycles. The van der Waals surface area contributed by atoms with Crippen molar-refractivity contribution in [2.24, 2.45) is 0 Å². The molecule has 0 aliphatic heterocycles. The number of hydrogen-bond donors (Lipinski definition) is 1. The molecule has 0 amide bonds. The van der Waals surface area contributed by atoms with Crippen LogP contribution in [-0.2, 0) is 5.54 Å². The smallest absolute Gasteiger partial charge is 0.255 e. The molecule has 110 valence electrons. The Hall–Kier alpha value is -2.69. The van der Waals surface area contributed by atoms with Gasteiger partial charge in [-0.05, 0) is 20.8 Å². The van der Waals surface area contributed by atoms with Gasteiger partial charge in [-0.3, -0.25) is 4.68 Å². The van der Waals surface area contributed by atoms with Crippen LogP contribution < -0.4 is 10.1 Å². The van der Waals surface area contributed by atoms with E-state index in [2.05, 4.69) is 26.5 Å². The minimum Gasteiger partial charge on any atom is -0.479 e. The lowest BCUT2D eigenvalue weighted by molar-refractivity contribution is 0.368. The Bertz CT molecular complexity index is 703. The van der Waals surface area contributed by atoms with Crippen molar-refractivity contribution in [3.05, 3.63) is 23.9 Å². The van der Waals surface area contributed by atoms with Crippen molar-refractivity contribution < 1.29 is 9.13 Å². The Balaban J connectivity index is 2.31. The molecule has 0 radical (unpaired) electrons. The molecule has 2 rings (SSSR count). The Morgan fingerprint density at radius 1 is 1.48 bits per heavy atom. The Morgan fingerprint density at radius 2 is 2.19 bits per heavy atom. The zero-order valence-corrected chi connectivity index (χ0v) is 12.2. The van der Waals surface area contributed by atoms with Gasteiger partial charge in [0.2, 0.25) is 11.8 Å². The number of aryl methyl sites for hydroxylation is 1. The maximum absolute atomic E-state index is 13.3. The van der Waals surface area contributed by atoms with Crippen molar-refractivity contribution in [2.45, 2.75) is 26.3 Å². The van der Waals surface area contributed by atoms with Crippen LogP contribution in [0.15, 0.2) is 12.4 Å². The molecule has 0 saturated carbocycles. The van der Waals surface area contributed by atoms with Gasteiger partial charge in [0.25, 0.3) is 5.88 Å². The van der Waals surface area contributed by atoms with Crippen LogP contribution in [0.2, 0.25) is 0 Å². The van der Waals surface area contributed by atoms with Gasteiger partial charge in [0.05, 0.1) is 37.0 Å². The van der Waals surface area contributed by atoms with Crippen LogP contribution in [0, 0.1) is 24.1 Å². The topological polar surface area (TPSA) is 88.6 Å². The number of rotatable bonds is 4. The van der Waals surface area contributed by atoms with Crippen molar-refractivity contribution in [1.29, 1.82) is 5.26 Å². The summed E-state index contributed by atoms with van der Waals surface area (Å²) in [5, 5.41) is 16.3. The van der Waals surface area contributed by atoms with Gasteiger partial charge in [0, 0.05) is 0 Å². The van der Waals surface area contributed by atoms with Crippen molar-refractivity contribution >= 4 is 11.6 Å². The molecule has 21 heavy (non-hydrogen) atoms. The van der Waals surface area contributed by atoms with Gasteiger partial charge in [-0.1, -0.05) is 0 Å². The number of nitriles is 1. The molecule has 2 aromatic rings. The van der Waals surface area contributed by atoms with Crippen molar-refractivity contribution in [2.75, 3.05) is 12.4 Å². The normalized spacial score (nSPS) is 11.0. The molecule has 0 atom stereocenters. The fraction of sp³-hybridized carbons (Fsp3) is 0.385. The fourth-order valence-electron chi connectivity index (χ4n) is 1.60. The fourth-order valence-corrected chi connectivity index (χ4v) is 1.60. The lowest BCUT2D eigenvalue weighted by Gasteiger charge is -2.15. The van der Waals surface area contributed by atoms with Crippen LogP contribution >= 0.6 is 0 Å². The maximum atomic E-state index is 13.3. The Kier molecular flexibility index (Phi) is 3.76. The van der Waals surface area contributed by atoms with Gasteiger partial charge in [0.15, 0.2) is 0 Å². The van der Waals surface area contributed by atoms with E-state index in [0.29, 0.717) is 11.4 Å². The highest BCUT2D eigenvalue weighted by atomic mass is 19.1. The number of halogens is 1. The van der Waals surface area contributed by atoms with Gasteiger partial charge in [-0.25, -0.2) is 4.98 Å². The number of nitrogens with zero attached hydrogens (tertiary/aromatic N) is 5. The number of ether oxygens (including phenoxy) is 1. The third kappa shape index (κ3) is 2.91. The average molecular weight is 290 g/mol. The summed E-state index contributed by atoms with van der Waals surface area (Å²) in [5.74, 6) is -0.596. The third-order valence-corrected chi connectivity index (χ3v) is 2.90. The zero-order valence-electron chi connectivity index (χ0n) is 12.2. The summed E-state index contributed by atoms with van der Waals surface area (Å²) in [5.41, 5.74) is 0.531. The number of anilines is 2. The van der Waals surface area contributed by atoms with Gasteiger partial charge in [-0.2, -0.15) is 19.7 Å². The molecule has 1 N–H and O–H groups in total. The number of nitrogens with one attached hydrogen (secondary N) is 1. The summed E-state index contributed by atoms with van der Waals surface area (Å²) in [6.45, 7) is 5.29. The summed E-state index contributed by atoms with van der Waals surface area (Å²) < 4.78 is 19.6. The standard InChI is InChI=1S/C13H15FN6O/c1-8-10(6-20(19-8)13(2,3)7-15)17-12-16-5-9(14)11(18-12)21-4/h5-6H,1-4H3,(H,16,17,18). The summed E-state index contributed by atoms with van der Waals surface area (Å²) in [6, 6.07) is 2.16. The monoisotopic (exact) mass is 290 g/mol. The number of hydrogen-bond acceptors (Lipinski definition) is 6. The molecule has 0 aliphatic carbocycles. The first-order chi connectivity index (χ1) is 9.87. The van der Waals surface area contributed by atoms with E-state index in [0.717, 1.165) is 6.20 Å². The minimum atomic E-state index is -0.772. The van der Waals surface area contributed by atoms with Crippen LogP contribution in [0.5, 0.6) is 5.88 Å². The second kappa shape index (κ2) is 5.36. The van der Waals surface area contributed by atoms with Gasteiger partial charge < -0.3 is 10.1 Å². The van der Waals surface area contributed by atoms with Crippen molar-refractivity contribution in [3.63, 3.8) is 0 Å². The second-order valence-corrected chi connectivity index (χ2v) is 4.92. The highest BCUT2D eigenvalue weighted by Gasteiger charge is 2.22. The minimum absolute atomic E-state index is 0.144. The molecular formula is C13H15FN6O. The number of aromatic nitrogens is 4. The summed E-state index contributed by atoms with van der Waals surface area (Å²) in [4.78, 5) is 7.73. The molecule has 0 saturated heterocycles. The summed E-state index contributed by atoms with van der Waals surface area (Å²) in [6.07, 6.45) is 2.70. The van der Waals surface area contributed by atoms with E-state index in [1.807, 2.05) is 0 Å². The first-order valence-corrected chi connectivity index (χ1v) is 6.19. The van der Waals surface area contributed by atoms with E-state index in [1.165, 1.54) is 7.11 Å². The molecule has 0 spiro atoms. The van der Waals surface area contributed by atoms with Gasteiger partial charge in [-0.15, -0.1) is 0 Å². The predicted octanol–water partition coefficient (Wildman–Crippen LogP) is 2.13. The lowest BCUT2D eigenvalue weighted by atomic mass is 10.1. The molecule has 0 aromatic carbocycles. The maximum Gasteiger partial charge on any atom is 0.255 e. The SMILES string of the molecule is COc1nc(Nc2cn(C(C)(C)C#N)nc2C)ncc1F. The van der Waals surface area contributed by atoms with E-state index in [1.54, 1.807) is 31.6 Å². The predicted molar refractivity (Wildman–Crippen MR) is 73.7 cm³/mol. The van der Waals surface area contributed by atoms with Crippen LogP contribution in [0.3, 0.4) is 0 Å². The zero-order chi connectivity index (χ0) is 15.6. The Morgan fingerprint density at radius 3 is 2.81 bits per heavy atom. The first kappa shape index (κ1) is 14.7. The van der Waals surface area contributed by atoms with E-state index in [4.69, 9.17) is 10.00 Å². The molecule has 0 aliphatic rings. The van der Waals surface area contributed by atoms with E-state index >= 15 is 0 Å². The molecule has 8 heteroatoms. The highest BCUT2D eigenvalue weighted by Crippen LogP contribution is 2.23. The number of methoxy groups -OCH3 is 1. The van der Waals surface area contributed by atoms with Crippen LogP contribution in [0.25, 0.3) is 0 Å². The summed E-state index contributed by atoms with van der Waals surface area (Å²) in [7, 11) is 1.33. The molecule has 2 aromatic heterocycles. The van der Waals surface area contributed by atoms with Crippen molar-refractivity contribution in [3.8, 4) is 11.9 Å². The highest BCUT2D eigenvalue weighted by molar-refractivity contribution is 5.55. The first-order valence-electron chi connectivity index (χ1n) is 6.19.